The normalized spacial score (nSPS) is 11.4. The fourth-order valence-corrected chi connectivity index (χ4v) is 1.91. The molecule has 1 N–H and O–H groups in total. The van der Waals surface area contributed by atoms with Crippen LogP contribution < -0.4 is 0 Å². The molecule has 0 amide bonds. The second-order valence-corrected chi connectivity index (χ2v) is 4.05. The van der Waals surface area contributed by atoms with Gasteiger partial charge in [-0.1, -0.05) is 12.2 Å². The number of halogens is 1. The number of fused-ring (bicyclic) bond motifs is 1. The zero-order chi connectivity index (χ0) is 12.4. The molecule has 0 aliphatic heterocycles. The smallest absolute Gasteiger partial charge is 0.123 e. The van der Waals surface area contributed by atoms with E-state index in [1.54, 1.807) is 18.5 Å². The molecule has 0 fully saturated rings. The molecule has 2 nitrogen and oxygen atoms in total. The van der Waals surface area contributed by atoms with E-state index in [1.807, 2.05) is 30.5 Å². The topological polar surface area (TPSA) is 28.7 Å². The quantitative estimate of drug-likeness (QED) is 0.721. The van der Waals surface area contributed by atoms with Crippen LogP contribution in [0.5, 0.6) is 0 Å². The van der Waals surface area contributed by atoms with Crippen LogP contribution in [0.15, 0.2) is 48.9 Å². The summed E-state index contributed by atoms with van der Waals surface area (Å²) in [5.74, 6) is -0.222. The maximum absolute atomic E-state index is 13.2. The molecule has 0 aliphatic rings. The van der Waals surface area contributed by atoms with Crippen LogP contribution in [0, 0.1) is 5.82 Å². The van der Waals surface area contributed by atoms with E-state index in [9.17, 15) is 4.39 Å². The van der Waals surface area contributed by atoms with Gasteiger partial charge in [0, 0.05) is 29.5 Å². The molecule has 0 atom stereocenters. The van der Waals surface area contributed by atoms with Crippen molar-refractivity contribution >= 4 is 23.1 Å². The molecular formula is C15H11FN2. The zero-order valence-corrected chi connectivity index (χ0v) is 9.60. The van der Waals surface area contributed by atoms with Gasteiger partial charge in [0.2, 0.25) is 0 Å². The van der Waals surface area contributed by atoms with Gasteiger partial charge in [-0.3, -0.25) is 4.98 Å². The number of aromatic nitrogens is 2. The van der Waals surface area contributed by atoms with E-state index in [1.165, 1.54) is 12.1 Å². The van der Waals surface area contributed by atoms with E-state index in [2.05, 4.69) is 9.97 Å². The van der Waals surface area contributed by atoms with Gasteiger partial charge in [0.1, 0.15) is 5.82 Å². The number of aromatic amines is 1. The van der Waals surface area contributed by atoms with Gasteiger partial charge in [0.25, 0.3) is 0 Å². The number of hydrogen-bond donors (Lipinski definition) is 1. The van der Waals surface area contributed by atoms with Crippen molar-refractivity contribution in [3.8, 4) is 0 Å². The number of nitrogens with one attached hydrogen (secondary N) is 1. The first kappa shape index (κ1) is 10.7. The summed E-state index contributed by atoms with van der Waals surface area (Å²) in [6, 6.07) is 8.58. The molecule has 3 heteroatoms. The first-order valence-corrected chi connectivity index (χ1v) is 5.68. The van der Waals surface area contributed by atoms with Gasteiger partial charge in [-0.05, 0) is 41.5 Å². The van der Waals surface area contributed by atoms with Crippen LogP contribution in [0.2, 0.25) is 0 Å². The Kier molecular flexibility index (Phi) is 2.65. The minimum atomic E-state index is -0.222. The van der Waals surface area contributed by atoms with Crippen LogP contribution in [-0.2, 0) is 0 Å². The predicted octanol–water partition coefficient (Wildman–Crippen LogP) is 3.87. The summed E-state index contributed by atoms with van der Waals surface area (Å²) in [5, 5.41) is 0.889. The third kappa shape index (κ3) is 2.02. The average molecular weight is 238 g/mol. The summed E-state index contributed by atoms with van der Waals surface area (Å²) < 4.78 is 13.2. The Bertz CT molecular complexity index is 699. The molecule has 0 bridgehead atoms. The van der Waals surface area contributed by atoms with E-state index in [-0.39, 0.29) is 5.82 Å². The van der Waals surface area contributed by atoms with Crippen molar-refractivity contribution in [1.29, 1.82) is 0 Å². The van der Waals surface area contributed by atoms with Crippen molar-refractivity contribution in [1.82, 2.24) is 9.97 Å². The summed E-state index contributed by atoms with van der Waals surface area (Å²) in [6.45, 7) is 0. The second kappa shape index (κ2) is 4.45. The average Bonchev–Trinajstić information content (AvgIpc) is 2.80. The van der Waals surface area contributed by atoms with Crippen LogP contribution in [0.3, 0.4) is 0 Å². The molecule has 0 aliphatic carbocycles. The number of hydrogen-bond acceptors (Lipinski definition) is 1. The first-order valence-electron chi connectivity index (χ1n) is 5.68. The lowest BCUT2D eigenvalue weighted by Crippen LogP contribution is -1.75. The number of H-pyrrole nitrogens is 1. The van der Waals surface area contributed by atoms with Crippen LogP contribution in [0.4, 0.5) is 4.39 Å². The Balaban J connectivity index is 2.00. The van der Waals surface area contributed by atoms with E-state index >= 15 is 0 Å². The number of benzene rings is 1. The minimum absolute atomic E-state index is 0.222. The van der Waals surface area contributed by atoms with Gasteiger partial charge in [-0.15, -0.1) is 0 Å². The molecule has 88 valence electrons. The highest BCUT2D eigenvalue weighted by molar-refractivity contribution is 5.91. The lowest BCUT2D eigenvalue weighted by Gasteiger charge is -1.93. The second-order valence-electron chi connectivity index (χ2n) is 4.05. The number of nitrogens with zero attached hydrogens (tertiary/aromatic N) is 1. The zero-order valence-electron chi connectivity index (χ0n) is 9.60. The Labute approximate surface area is 104 Å². The summed E-state index contributed by atoms with van der Waals surface area (Å²) in [4.78, 5) is 7.08. The summed E-state index contributed by atoms with van der Waals surface area (Å²) >= 11 is 0. The van der Waals surface area contributed by atoms with Gasteiger partial charge in [-0.25, -0.2) is 4.39 Å². The Morgan fingerprint density at radius 2 is 1.89 bits per heavy atom. The predicted molar refractivity (Wildman–Crippen MR) is 71.4 cm³/mol. The number of pyridine rings is 1. The van der Waals surface area contributed by atoms with Crippen molar-refractivity contribution in [2.75, 3.05) is 0 Å². The molecule has 0 spiro atoms. The molecule has 0 saturated carbocycles. The highest BCUT2D eigenvalue weighted by Gasteiger charge is 2.01. The van der Waals surface area contributed by atoms with E-state index < -0.39 is 0 Å². The monoisotopic (exact) mass is 238 g/mol. The molecule has 18 heavy (non-hydrogen) atoms. The molecule has 2 heterocycles. The fraction of sp³-hybridized carbons (Fsp3) is 0. The molecular weight excluding hydrogens is 227 g/mol. The summed E-state index contributed by atoms with van der Waals surface area (Å²) in [7, 11) is 0. The van der Waals surface area contributed by atoms with Gasteiger partial charge in [0.05, 0.1) is 0 Å². The maximum Gasteiger partial charge on any atom is 0.123 e. The molecule has 3 aromatic rings. The highest BCUT2D eigenvalue weighted by Crippen LogP contribution is 2.21. The molecule has 3 rings (SSSR count). The summed E-state index contributed by atoms with van der Waals surface area (Å²) in [6.07, 6.45) is 9.31. The van der Waals surface area contributed by atoms with Gasteiger partial charge in [-0.2, -0.15) is 0 Å². The van der Waals surface area contributed by atoms with Gasteiger partial charge < -0.3 is 4.98 Å². The third-order valence-corrected chi connectivity index (χ3v) is 2.84. The van der Waals surface area contributed by atoms with Crippen molar-refractivity contribution in [2.24, 2.45) is 0 Å². The molecule has 0 saturated heterocycles. The Hall–Kier alpha value is -2.42. The Morgan fingerprint density at radius 1 is 1.06 bits per heavy atom. The van der Waals surface area contributed by atoms with Gasteiger partial charge >= 0.3 is 0 Å². The highest BCUT2D eigenvalue weighted by atomic mass is 19.1. The van der Waals surface area contributed by atoms with Crippen molar-refractivity contribution in [2.45, 2.75) is 0 Å². The van der Waals surface area contributed by atoms with E-state index in [0.29, 0.717) is 0 Å². The van der Waals surface area contributed by atoms with E-state index in [0.717, 1.165) is 22.0 Å². The fourth-order valence-electron chi connectivity index (χ4n) is 1.91. The maximum atomic E-state index is 13.2. The number of rotatable bonds is 2. The molecule has 0 unspecified atom stereocenters. The first-order chi connectivity index (χ1) is 8.83. The summed E-state index contributed by atoms with van der Waals surface area (Å²) in [5.41, 5.74) is 2.97. The SMILES string of the molecule is Fc1ccc2[nH]cc(/C=C\c3ccncc3)c2c1. The lowest BCUT2D eigenvalue weighted by molar-refractivity contribution is 0.629. The van der Waals surface area contributed by atoms with Crippen LogP contribution >= 0.6 is 0 Å². The van der Waals surface area contributed by atoms with E-state index in [4.69, 9.17) is 0 Å². The molecule has 0 radical (unpaired) electrons. The minimum Gasteiger partial charge on any atom is -0.361 e. The largest absolute Gasteiger partial charge is 0.361 e. The molecule has 2 aromatic heterocycles. The van der Waals surface area contributed by atoms with Crippen LogP contribution in [0.1, 0.15) is 11.1 Å². The third-order valence-electron chi connectivity index (χ3n) is 2.84. The Morgan fingerprint density at radius 3 is 2.72 bits per heavy atom. The molecule has 1 aromatic carbocycles. The van der Waals surface area contributed by atoms with Crippen LogP contribution in [-0.4, -0.2) is 9.97 Å². The lowest BCUT2D eigenvalue weighted by atomic mass is 10.1. The van der Waals surface area contributed by atoms with Crippen molar-refractivity contribution < 1.29 is 4.39 Å². The van der Waals surface area contributed by atoms with Crippen LogP contribution in [0.25, 0.3) is 23.1 Å². The van der Waals surface area contributed by atoms with Crippen molar-refractivity contribution in [3.63, 3.8) is 0 Å². The van der Waals surface area contributed by atoms with Gasteiger partial charge in [0.15, 0.2) is 0 Å². The standard InChI is InChI=1S/C15H11FN2/c16-13-3-4-15-14(9-13)12(10-18-15)2-1-11-5-7-17-8-6-11/h1-10,18H/b2-1-. The van der Waals surface area contributed by atoms with Crippen molar-refractivity contribution in [3.05, 3.63) is 65.9 Å².